The molecule has 0 heterocycles. The van der Waals surface area contributed by atoms with Crippen LogP contribution in [0.15, 0.2) is 11.8 Å². The second-order valence-corrected chi connectivity index (χ2v) is 1.01. The van der Waals surface area contributed by atoms with E-state index in [9.17, 15) is 9.90 Å². The monoisotopic (exact) mass is 134 g/mol. The van der Waals surface area contributed by atoms with Crippen molar-refractivity contribution in [3.8, 4) is 6.07 Å². The van der Waals surface area contributed by atoms with Crippen molar-refractivity contribution >= 4 is 5.91 Å². The Hall–Kier alpha value is -0.500. The van der Waals surface area contributed by atoms with E-state index in [0.29, 0.717) is 0 Å². The predicted octanol–water partition coefficient (Wildman–Crippen LogP) is -4.76. The first-order valence-electron chi connectivity index (χ1n) is 1.74. The van der Waals surface area contributed by atoms with Gasteiger partial charge in [-0.15, -0.1) is 6.26 Å². The molecular weight excluding hydrogens is 131 g/mol. The van der Waals surface area contributed by atoms with E-state index in [2.05, 4.69) is 5.73 Å². The van der Waals surface area contributed by atoms with Crippen molar-refractivity contribution in [2.24, 2.45) is 5.73 Å². The van der Waals surface area contributed by atoms with Crippen molar-refractivity contribution in [3.63, 3.8) is 0 Å². The summed E-state index contributed by atoms with van der Waals surface area (Å²) in [5.74, 6) is -0.984. The zero-order chi connectivity index (χ0) is 6.57. The summed E-state index contributed by atoms with van der Waals surface area (Å²) >= 11 is 0. The SMILES string of the molecule is N#C/C(=C/[O-])C(N)=O.[Na+]. The van der Waals surface area contributed by atoms with E-state index in [-0.39, 0.29) is 35.8 Å². The summed E-state index contributed by atoms with van der Waals surface area (Å²) in [4.78, 5) is 9.89. The number of hydrogen-bond donors (Lipinski definition) is 1. The maximum atomic E-state index is 9.89. The molecule has 0 saturated heterocycles. The Morgan fingerprint density at radius 3 is 2.22 bits per heavy atom. The van der Waals surface area contributed by atoms with Crippen molar-refractivity contribution < 1.29 is 39.5 Å². The van der Waals surface area contributed by atoms with Gasteiger partial charge in [-0.25, -0.2) is 0 Å². The maximum Gasteiger partial charge on any atom is 1.00 e. The van der Waals surface area contributed by atoms with Crippen LogP contribution in [0.2, 0.25) is 0 Å². The first kappa shape index (κ1) is 11.3. The van der Waals surface area contributed by atoms with E-state index in [1.807, 2.05) is 0 Å². The average Bonchev–Trinajstić information content (AvgIpc) is 1.69. The van der Waals surface area contributed by atoms with Crippen LogP contribution in [0.1, 0.15) is 0 Å². The average molecular weight is 134 g/mol. The van der Waals surface area contributed by atoms with Crippen molar-refractivity contribution in [2.75, 3.05) is 0 Å². The van der Waals surface area contributed by atoms with E-state index in [0.717, 1.165) is 0 Å². The molecule has 0 aromatic rings. The minimum absolute atomic E-state index is 0. The molecule has 42 valence electrons. The van der Waals surface area contributed by atoms with Gasteiger partial charge in [-0.1, -0.05) is 0 Å². The molecule has 5 heteroatoms. The number of primary amides is 1. The molecule has 0 rings (SSSR count). The van der Waals surface area contributed by atoms with Crippen LogP contribution in [-0.2, 0) is 4.79 Å². The van der Waals surface area contributed by atoms with Gasteiger partial charge in [0.15, 0.2) is 0 Å². The van der Waals surface area contributed by atoms with E-state index in [4.69, 9.17) is 5.26 Å². The third-order valence-electron chi connectivity index (χ3n) is 0.504. The Labute approximate surface area is 74.2 Å². The topological polar surface area (TPSA) is 89.9 Å². The predicted molar refractivity (Wildman–Crippen MR) is 22.9 cm³/mol. The molecule has 2 N–H and O–H groups in total. The molecule has 0 fully saturated rings. The van der Waals surface area contributed by atoms with Gasteiger partial charge in [0.1, 0.15) is 11.6 Å². The fraction of sp³-hybridized carbons (Fsp3) is 0. The molecule has 9 heavy (non-hydrogen) atoms. The van der Waals surface area contributed by atoms with E-state index in [1.54, 1.807) is 0 Å². The summed E-state index contributed by atoms with van der Waals surface area (Å²) in [6, 6.07) is 1.33. The zero-order valence-corrected chi connectivity index (χ0v) is 6.92. The van der Waals surface area contributed by atoms with Crippen LogP contribution in [-0.4, -0.2) is 5.91 Å². The van der Waals surface area contributed by atoms with Gasteiger partial charge < -0.3 is 10.8 Å². The smallest absolute Gasteiger partial charge is 0.877 e. The van der Waals surface area contributed by atoms with Gasteiger partial charge in [0.05, 0.1) is 0 Å². The molecule has 0 unspecified atom stereocenters. The van der Waals surface area contributed by atoms with E-state index < -0.39 is 11.5 Å². The van der Waals surface area contributed by atoms with Crippen LogP contribution in [0.5, 0.6) is 0 Å². The Morgan fingerprint density at radius 1 is 1.78 bits per heavy atom. The summed E-state index contributed by atoms with van der Waals surface area (Å²) in [6.07, 6.45) is 0.127. The zero-order valence-electron chi connectivity index (χ0n) is 4.92. The number of rotatable bonds is 1. The van der Waals surface area contributed by atoms with Gasteiger partial charge in [-0.3, -0.25) is 4.79 Å². The first-order chi connectivity index (χ1) is 3.72. The molecule has 0 saturated carbocycles. The van der Waals surface area contributed by atoms with Crippen LogP contribution >= 0.6 is 0 Å². The third kappa shape index (κ3) is 4.03. The molecule has 0 spiro atoms. The van der Waals surface area contributed by atoms with Crippen LogP contribution in [0.4, 0.5) is 0 Å². The van der Waals surface area contributed by atoms with Crippen molar-refractivity contribution in [1.29, 1.82) is 5.26 Å². The molecule has 0 aliphatic carbocycles. The normalized spacial score (nSPS) is 9.00. The summed E-state index contributed by atoms with van der Waals surface area (Å²) < 4.78 is 0. The van der Waals surface area contributed by atoms with Crippen LogP contribution in [0.3, 0.4) is 0 Å². The van der Waals surface area contributed by atoms with Crippen LogP contribution in [0, 0.1) is 11.3 Å². The summed E-state index contributed by atoms with van der Waals surface area (Å²) in [5.41, 5.74) is 3.98. The maximum absolute atomic E-state index is 9.89. The molecule has 0 radical (unpaired) electrons. The van der Waals surface area contributed by atoms with Gasteiger partial charge in [-0.05, 0) is 0 Å². The molecule has 0 aliphatic heterocycles. The number of nitriles is 1. The van der Waals surface area contributed by atoms with Gasteiger partial charge in [0.25, 0.3) is 5.91 Å². The minimum Gasteiger partial charge on any atom is -0.877 e. The van der Waals surface area contributed by atoms with Crippen molar-refractivity contribution in [1.82, 2.24) is 0 Å². The van der Waals surface area contributed by atoms with Gasteiger partial charge >= 0.3 is 29.6 Å². The molecule has 0 bridgehead atoms. The number of nitrogens with zero attached hydrogens (tertiary/aromatic N) is 1. The van der Waals surface area contributed by atoms with E-state index >= 15 is 0 Å². The summed E-state index contributed by atoms with van der Waals surface area (Å²) in [6.45, 7) is 0. The quantitative estimate of drug-likeness (QED) is 0.169. The molecule has 4 nitrogen and oxygen atoms in total. The number of carbonyl (C=O) groups excluding carboxylic acids is 1. The van der Waals surface area contributed by atoms with Crippen molar-refractivity contribution in [3.05, 3.63) is 11.8 Å². The standard InChI is InChI=1S/C4H4N2O2.Na/c5-1-3(2-7)4(6)8;/h2,7H,(H2,6,8);/q;+1/p-1/b3-2-;. The Kier molecular flexibility index (Phi) is 7.08. The first-order valence-corrected chi connectivity index (χ1v) is 1.74. The second-order valence-electron chi connectivity index (χ2n) is 1.01. The van der Waals surface area contributed by atoms with Gasteiger partial charge in [0, 0.05) is 0 Å². The molecular formula is C4H3N2NaO2. The Morgan fingerprint density at radius 2 is 2.22 bits per heavy atom. The van der Waals surface area contributed by atoms with Crippen LogP contribution in [0.25, 0.3) is 0 Å². The molecule has 0 atom stereocenters. The van der Waals surface area contributed by atoms with Crippen molar-refractivity contribution in [2.45, 2.75) is 0 Å². The molecule has 0 aromatic carbocycles. The van der Waals surface area contributed by atoms with E-state index in [1.165, 1.54) is 6.07 Å². The Balaban J connectivity index is 0. The van der Waals surface area contributed by atoms with Gasteiger partial charge in [-0.2, -0.15) is 5.26 Å². The summed E-state index contributed by atoms with van der Waals surface area (Å²) in [7, 11) is 0. The third-order valence-corrected chi connectivity index (χ3v) is 0.504. The number of hydrogen-bond acceptors (Lipinski definition) is 3. The fourth-order valence-electron chi connectivity index (χ4n) is 0.140. The largest absolute Gasteiger partial charge is 1.00 e. The molecule has 0 aliphatic rings. The molecule has 0 aromatic heterocycles. The molecule has 1 amide bonds. The fourth-order valence-corrected chi connectivity index (χ4v) is 0.140. The number of amides is 1. The minimum atomic E-state index is -0.984. The van der Waals surface area contributed by atoms with Crippen LogP contribution < -0.4 is 40.4 Å². The number of nitrogens with two attached hydrogens (primary N) is 1. The summed E-state index contributed by atoms with van der Waals surface area (Å²) in [5, 5.41) is 17.5. The number of carbonyl (C=O) groups is 1. The second kappa shape index (κ2) is 5.63. The van der Waals surface area contributed by atoms with Gasteiger partial charge in [0.2, 0.25) is 0 Å². The Bertz CT molecular complexity index is 170.